The van der Waals surface area contributed by atoms with Gasteiger partial charge in [0.15, 0.2) is 11.5 Å². The molecule has 1 N–H and O–H groups in total. The van der Waals surface area contributed by atoms with Crippen molar-refractivity contribution in [2.45, 2.75) is 38.1 Å². The maximum Gasteiger partial charge on any atom is 0.266 e. The molecule has 1 saturated heterocycles. The number of carbonyl (C=O) groups is 1. The summed E-state index contributed by atoms with van der Waals surface area (Å²) in [7, 11) is 2.95. The molecule has 0 bridgehead atoms. The van der Waals surface area contributed by atoms with Crippen LogP contribution in [-0.4, -0.2) is 40.5 Å². The maximum atomic E-state index is 12.8. The second-order valence-electron chi connectivity index (χ2n) is 6.12. The molecule has 1 aromatic rings. The summed E-state index contributed by atoms with van der Waals surface area (Å²) >= 11 is 6.77. The molecule has 1 aliphatic heterocycles. The van der Waals surface area contributed by atoms with E-state index in [1.165, 1.54) is 32.4 Å². The van der Waals surface area contributed by atoms with Crippen LogP contribution in [0.25, 0.3) is 6.08 Å². The summed E-state index contributed by atoms with van der Waals surface area (Å²) in [6.07, 6.45) is 7.32. The maximum absolute atomic E-state index is 12.8. The molecule has 2 aliphatic rings. The van der Waals surface area contributed by atoms with Gasteiger partial charge in [-0.05, 0) is 36.6 Å². The number of hydrogen-bond acceptors (Lipinski definition) is 6. The van der Waals surface area contributed by atoms with Crippen LogP contribution in [0.15, 0.2) is 17.0 Å². The number of amides is 1. The van der Waals surface area contributed by atoms with Crippen LogP contribution in [0.4, 0.5) is 0 Å². The molecule has 134 valence electrons. The minimum atomic E-state index is -0.0584. The topological polar surface area (TPSA) is 59.0 Å². The Hall–Kier alpha value is -1.73. The second-order valence-corrected chi connectivity index (χ2v) is 7.79. The Balaban J connectivity index is 1.89. The van der Waals surface area contributed by atoms with Crippen molar-refractivity contribution in [3.05, 3.63) is 22.6 Å². The van der Waals surface area contributed by atoms with Gasteiger partial charge in [0.05, 0.1) is 19.1 Å². The van der Waals surface area contributed by atoms with E-state index < -0.39 is 0 Å². The number of thioether (sulfide) groups is 1. The Bertz CT molecular complexity index is 701. The molecule has 7 heteroatoms. The van der Waals surface area contributed by atoms with Gasteiger partial charge in [-0.2, -0.15) is 0 Å². The van der Waals surface area contributed by atoms with Gasteiger partial charge in [-0.3, -0.25) is 9.69 Å². The van der Waals surface area contributed by atoms with Crippen molar-refractivity contribution in [3.63, 3.8) is 0 Å². The molecule has 1 heterocycles. The Labute approximate surface area is 157 Å². The molecule has 1 amide bonds. The molecule has 1 aliphatic carbocycles. The van der Waals surface area contributed by atoms with Gasteiger partial charge >= 0.3 is 0 Å². The summed E-state index contributed by atoms with van der Waals surface area (Å²) in [6, 6.07) is 3.56. The molecule has 0 atom stereocenters. The van der Waals surface area contributed by atoms with Crippen molar-refractivity contribution >= 4 is 40.3 Å². The first-order valence-corrected chi connectivity index (χ1v) is 9.49. The minimum absolute atomic E-state index is 0.0343. The third-order valence-electron chi connectivity index (χ3n) is 4.56. The lowest BCUT2D eigenvalue weighted by atomic mass is 9.94. The molecular formula is C18H21NO4S2. The highest BCUT2D eigenvalue weighted by Gasteiger charge is 2.37. The second kappa shape index (κ2) is 7.66. The average Bonchev–Trinajstić information content (AvgIpc) is 2.90. The first-order valence-electron chi connectivity index (χ1n) is 8.27. The summed E-state index contributed by atoms with van der Waals surface area (Å²) < 4.78 is 11.0. The largest absolute Gasteiger partial charge is 0.502 e. The predicted molar refractivity (Wildman–Crippen MR) is 103 cm³/mol. The highest BCUT2D eigenvalue weighted by Crippen LogP contribution is 2.40. The number of benzene rings is 1. The Kier molecular flexibility index (Phi) is 5.54. The van der Waals surface area contributed by atoms with E-state index in [0.717, 1.165) is 31.2 Å². The first kappa shape index (κ1) is 18.1. The van der Waals surface area contributed by atoms with Crippen LogP contribution >= 0.6 is 24.0 Å². The number of phenols is 1. The Morgan fingerprint density at radius 1 is 1.20 bits per heavy atom. The van der Waals surface area contributed by atoms with E-state index in [1.54, 1.807) is 23.1 Å². The number of methoxy groups -OCH3 is 2. The normalized spacial score (nSPS) is 20.4. The van der Waals surface area contributed by atoms with E-state index >= 15 is 0 Å². The van der Waals surface area contributed by atoms with Crippen LogP contribution in [0.3, 0.4) is 0 Å². The van der Waals surface area contributed by atoms with E-state index in [9.17, 15) is 9.90 Å². The Morgan fingerprint density at radius 3 is 2.36 bits per heavy atom. The monoisotopic (exact) mass is 379 g/mol. The average molecular weight is 380 g/mol. The number of rotatable bonds is 4. The van der Waals surface area contributed by atoms with Gasteiger partial charge in [-0.25, -0.2) is 0 Å². The highest BCUT2D eigenvalue weighted by atomic mass is 32.2. The molecule has 2 fully saturated rings. The molecule has 0 spiro atoms. The molecule has 25 heavy (non-hydrogen) atoms. The molecular weight excluding hydrogens is 358 g/mol. The summed E-state index contributed by atoms with van der Waals surface area (Å²) in [5.74, 6) is 0.506. The molecule has 5 nitrogen and oxygen atoms in total. The van der Waals surface area contributed by atoms with E-state index in [2.05, 4.69) is 0 Å². The molecule has 0 aromatic heterocycles. The van der Waals surface area contributed by atoms with Gasteiger partial charge in [-0.1, -0.05) is 43.2 Å². The molecule has 1 aromatic carbocycles. The smallest absolute Gasteiger partial charge is 0.266 e. The quantitative estimate of drug-likeness (QED) is 0.632. The van der Waals surface area contributed by atoms with Crippen LogP contribution in [-0.2, 0) is 4.79 Å². The summed E-state index contributed by atoms with van der Waals surface area (Å²) in [6.45, 7) is 0. The van der Waals surface area contributed by atoms with Crippen LogP contribution in [0.1, 0.15) is 37.7 Å². The Morgan fingerprint density at radius 2 is 1.80 bits per heavy atom. The fourth-order valence-corrected chi connectivity index (χ4v) is 4.68. The zero-order valence-corrected chi connectivity index (χ0v) is 15.9. The number of aromatic hydroxyl groups is 1. The van der Waals surface area contributed by atoms with Crippen molar-refractivity contribution in [3.8, 4) is 17.2 Å². The van der Waals surface area contributed by atoms with Crippen LogP contribution < -0.4 is 9.47 Å². The third kappa shape index (κ3) is 3.62. The van der Waals surface area contributed by atoms with Crippen LogP contribution in [0.2, 0.25) is 0 Å². The van der Waals surface area contributed by atoms with Crippen LogP contribution in [0.5, 0.6) is 17.2 Å². The van der Waals surface area contributed by atoms with E-state index in [4.69, 9.17) is 21.7 Å². The molecule has 0 unspecified atom stereocenters. The van der Waals surface area contributed by atoms with Gasteiger partial charge in [0.1, 0.15) is 4.32 Å². The summed E-state index contributed by atoms with van der Waals surface area (Å²) in [5, 5.41) is 10.0. The predicted octanol–water partition coefficient (Wildman–Crippen LogP) is 3.94. The number of carbonyl (C=O) groups excluding carboxylic acids is 1. The standard InChI is InChI=1S/C18H21NO4S2/c1-22-13-8-11(9-14(23-2)16(13)20)10-15-17(21)19(18(24)25-15)12-6-4-3-5-7-12/h8-10,12,20H,3-7H2,1-2H3/b15-10+. The van der Waals surface area contributed by atoms with Crippen molar-refractivity contribution in [1.29, 1.82) is 0 Å². The zero-order chi connectivity index (χ0) is 18.0. The van der Waals surface area contributed by atoms with Crippen molar-refractivity contribution in [1.82, 2.24) is 4.90 Å². The van der Waals surface area contributed by atoms with Gasteiger partial charge < -0.3 is 14.6 Å². The molecule has 3 rings (SSSR count). The number of phenolic OH excluding ortho intramolecular Hbond substituents is 1. The van der Waals surface area contributed by atoms with Crippen LogP contribution in [0, 0.1) is 0 Å². The highest BCUT2D eigenvalue weighted by molar-refractivity contribution is 8.26. The lowest BCUT2D eigenvalue weighted by molar-refractivity contribution is -0.124. The lowest BCUT2D eigenvalue weighted by Crippen LogP contribution is -2.39. The van der Waals surface area contributed by atoms with E-state index in [-0.39, 0.29) is 17.7 Å². The number of hydrogen-bond donors (Lipinski definition) is 1. The van der Waals surface area contributed by atoms with Crippen molar-refractivity contribution in [2.75, 3.05) is 14.2 Å². The van der Waals surface area contributed by atoms with E-state index in [0.29, 0.717) is 20.7 Å². The molecule has 0 radical (unpaired) electrons. The lowest BCUT2D eigenvalue weighted by Gasteiger charge is -2.29. The van der Waals surface area contributed by atoms with E-state index in [1.807, 2.05) is 0 Å². The fraction of sp³-hybridized carbons (Fsp3) is 0.444. The third-order valence-corrected chi connectivity index (χ3v) is 5.89. The first-order chi connectivity index (χ1) is 12.0. The fourth-order valence-electron chi connectivity index (χ4n) is 3.28. The number of thiocarbonyl (C=S) groups is 1. The van der Waals surface area contributed by atoms with Crippen molar-refractivity contribution < 1.29 is 19.4 Å². The molecule has 1 saturated carbocycles. The minimum Gasteiger partial charge on any atom is -0.502 e. The van der Waals surface area contributed by atoms with Gasteiger partial charge in [0.25, 0.3) is 5.91 Å². The zero-order valence-electron chi connectivity index (χ0n) is 14.3. The SMILES string of the molecule is COc1cc(/C=C2/SC(=S)N(C3CCCCC3)C2=O)cc(OC)c1O. The van der Waals surface area contributed by atoms with Gasteiger partial charge in [0, 0.05) is 6.04 Å². The number of nitrogens with zero attached hydrogens (tertiary/aromatic N) is 1. The number of ether oxygens (including phenoxy) is 2. The van der Waals surface area contributed by atoms with Gasteiger partial charge in [0.2, 0.25) is 5.75 Å². The summed E-state index contributed by atoms with van der Waals surface area (Å²) in [4.78, 5) is 15.2. The van der Waals surface area contributed by atoms with Gasteiger partial charge in [-0.15, -0.1) is 0 Å². The van der Waals surface area contributed by atoms with Crippen molar-refractivity contribution in [2.24, 2.45) is 0 Å². The summed E-state index contributed by atoms with van der Waals surface area (Å²) in [5.41, 5.74) is 0.718.